The molecule has 0 spiro atoms. The Morgan fingerprint density at radius 3 is 2.52 bits per heavy atom. The fourth-order valence-corrected chi connectivity index (χ4v) is 2.63. The number of hydrogen-bond donors (Lipinski definition) is 2. The quantitative estimate of drug-likeness (QED) is 0.676. The molecule has 0 amide bonds. The average molecular weight is 277 g/mol. The molecular weight excluding hydrogens is 258 g/mol. The van der Waals surface area contributed by atoms with Crippen molar-refractivity contribution in [3.05, 3.63) is 71.3 Å². The molecule has 0 atom stereocenters. The molecule has 3 aromatic rings. The van der Waals surface area contributed by atoms with Crippen molar-refractivity contribution in [3.8, 4) is 5.75 Å². The van der Waals surface area contributed by atoms with Crippen LogP contribution in [0.2, 0.25) is 0 Å². The van der Waals surface area contributed by atoms with E-state index in [-0.39, 0.29) is 0 Å². The Morgan fingerprint density at radius 2 is 1.67 bits per heavy atom. The van der Waals surface area contributed by atoms with E-state index < -0.39 is 0 Å². The van der Waals surface area contributed by atoms with Gasteiger partial charge >= 0.3 is 0 Å². The molecule has 0 saturated carbocycles. The first kappa shape index (κ1) is 13.5. The lowest BCUT2D eigenvalue weighted by atomic mass is 10.0. The van der Waals surface area contributed by atoms with Gasteiger partial charge in [0.25, 0.3) is 0 Å². The van der Waals surface area contributed by atoms with Gasteiger partial charge in [-0.2, -0.15) is 0 Å². The van der Waals surface area contributed by atoms with E-state index in [0.717, 1.165) is 23.4 Å². The molecule has 0 heterocycles. The molecular formula is C19H19NO. The maximum atomic E-state index is 9.72. The molecule has 0 aromatic heterocycles. The SMILES string of the molecule is Cc1cc(NCc2cccc3ccccc23)c(C)cc1O. The molecule has 3 rings (SSSR count). The number of phenols is 1. The van der Waals surface area contributed by atoms with Gasteiger partial charge in [0.1, 0.15) is 5.75 Å². The summed E-state index contributed by atoms with van der Waals surface area (Å²) in [5.41, 5.74) is 4.29. The first-order chi connectivity index (χ1) is 10.1. The van der Waals surface area contributed by atoms with Crippen molar-refractivity contribution in [1.82, 2.24) is 0 Å². The standard InChI is InChI=1S/C19H19NO/c1-13-11-19(21)14(2)10-18(13)20-12-16-8-5-7-15-6-3-4-9-17(15)16/h3-11,20-21H,12H2,1-2H3. The zero-order valence-corrected chi connectivity index (χ0v) is 12.4. The summed E-state index contributed by atoms with van der Waals surface area (Å²) in [6, 6.07) is 18.6. The van der Waals surface area contributed by atoms with Crippen molar-refractivity contribution < 1.29 is 5.11 Å². The number of nitrogens with one attached hydrogen (secondary N) is 1. The predicted octanol–water partition coefficient (Wildman–Crippen LogP) is 4.77. The average Bonchev–Trinajstić information content (AvgIpc) is 2.49. The van der Waals surface area contributed by atoms with Crippen molar-refractivity contribution in [2.75, 3.05) is 5.32 Å². The molecule has 0 aliphatic carbocycles. The third kappa shape index (κ3) is 2.70. The number of fused-ring (bicyclic) bond motifs is 1. The zero-order valence-electron chi connectivity index (χ0n) is 12.4. The van der Waals surface area contributed by atoms with E-state index in [1.165, 1.54) is 16.3 Å². The van der Waals surface area contributed by atoms with Gasteiger partial charge in [-0.25, -0.2) is 0 Å². The highest BCUT2D eigenvalue weighted by atomic mass is 16.3. The second-order valence-electron chi connectivity index (χ2n) is 5.45. The summed E-state index contributed by atoms with van der Waals surface area (Å²) in [7, 11) is 0. The lowest BCUT2D eigenvalue weighted by Crippen LogP contribution is -2.02. The van der Waals surface area contributed by atoms with Gasteiger partial charge in [0.15, 0.2) is 0 Å². The van der Waals surface area contributed by atoms with Gasteiger partial charge in [0.2, 0.25) is 0 Å². The van der Waals surface area contributed by atoms with Crippen LogP contribution in [0.5, 0.6) is 5.75 Å². The Bertz CT molecular complexity index is 787. The Morgan fingerprint density at radius 1 is 0.905 bits per heavy atom. The number of aromatic hydroxyl groups is 1. The molecule has 2 nitrogen and oxygen atoms in total. The lowest BCUT2D eigenvalue weighted by molar-refractivity contribution is 0.471. The number of aryl methyl sites for hydroxylation is 2. The van der Waals surface area contributed by atoms with E-state index in [1.54, 1.807) is 6.07 Å². The van der Waals surface area contributed by atoms with Gasteiger partial charge in [-0.15, -0.1) is 0 Å². The molecule has 3 aromatic carbocycles. The van der Waals surface area contributed by atoms with Gasteiger partial charge in [-0.3, -0.25) is 0 Å². The Kier molecular flexibility index (Phi) is 3.53. The van der Waals surface area contributed by atoms with Crippen molar-refractivity contribution in [3.63, 3.8) is 0 Å². The van der Waals surface area contributed by atoms with Gasteiger partial charge < -0.3 is 10.4 Å². The monoisotopic (exact) mass is 277 g/mol. The maximum Gasteiger partial charge on any atom is 0.118 e. The predicted molar refractivity (Wildman–Crippen MR) is 88.9 cm³/mol. The second-order valence-corrected chi connectivity index (χ2v) is 5.45. The second kappa shape index (κ2) is 5.49. The molecule has 2 heteroatoms. The minimum absolute atomic E-state index is 0.350. The molecule has 106 valence electrons. The highest BCUT2D eigenvalue weighted by Crippen LogP contribution is 2.26. The van der Waals surface area contributed by atoms with Crippen LogP contribution in [0.4, 0.5) is 5.69 Å². The van der Waals surface area contributed by atoms with E-state index in [2.05, 4.69) is 47.8 Å². The topological polar surface area (TPSA) is 32.3 Å². The smallest absolute Gasteiger partial charge is 0.118 e. The molecule has 0 radical (unpaired) electrons. The Hall–Kier alpha value is -2.48. The Balaban J connectivity index is 1.89. The molecule has 0 bridgehead atoms. The van der Waals surface area contributed by atoms with Crippen molar-refractivity contribution >= 4 is 16.5 Å². The molecule has 0 saturated heterocycles. The summed E-state index contributed by atoms with van der Waals surface area (Å²) in [5, 5.41) is 15.7. The largest absolute Gasteiger partial charge is 0.508 e. The van der Waals surface area contributed by atoms with Gasteiger partial charge in [-0.1, -0.05) is 42.5 Å². The van der Waals surface area contributed by atoms with Gasteiger partial charge in [-0.05, 0) is 53.4 Å². The van der Waals surface area contributed by atoms with E-state index in [1.807, 2.05) is 19.9 Å². The van der Waals surface area contributed by atoms with Crippen LogP contribution in [0, 0.1) is 13.8 Å². The first-order valence-electron chi connectivity index (χ1n) is 7.16. The van der Waals surface area contributed by atoms with E-state index in [4.69, 9.17) is 0 Å². The van der Waals surface area contributed by atoms with Crippen LogP contribution in [0.25, 0.3) is 10.8 Å². The first-order valence-corrected chi connectivity index (χ1v) is 7.16. The number of phenolic OH excluding ortho intramolecular Hbond substituents is 1. The summed E-state index contributed by atoms with van der Waals surface area (Å²) in [5.74, 6) is 0.350. The fraction of sp³-hybridized carbons (Fsp3) is 0.158. The van der Waals surface area contributed by atoms with Crippen LogP contribution >= 0.6 is 0 Å². The van der Waals surface area contributed by atoms with Crippen LogP contribution in [-0.4, -0.2) is 5.11 Å². The zero-order chi connectivity index (χ0) is 14.8. The number of anilines is 1. The van der Waals surface area contributed by atoms with Crippen LogP contribution in [0.15, 0.2) is 54.6 Å². The molecule has 0 unspecified atom stereocenters. The lowest BCUT2D eigenvalue weighted by Gasteiger charge is -2.13. The highest BCUT2D eigenvalue weighted by molar-refractivity contribution is 5.85. The summed E-state index contributed by atoms with van der Waals surface area (Å²) >= 11 is 0. The summed E-state index contributed by atoms with van der Waals surface area (Å²) in [6.45, 7) is 4.69. The van der Waals surface area contributed by atoms with Crippen LogP contribution in [0.3, 0.4) is 0 Å². The van der Waals surface area contributed by atoms with Gasteiger partial charge in [0.05, 0.1) is 0 Å². The van der Waals surface area contributed by atoms with E-state index in [0.29, 0.717) is 5.75 Å². The van der Waals surface area contributed by atoms with Crippen molar-refractivity contribution in [1.29, 1.82) is 0 Å². The molecule has 0 aliphatic heterocycles. The Labute approximate surface area is 125 Å². The van der Waals surface area contributed by atoms with E-state index in [9.17, 15) is 5.11 Å². The summed E-state index contributed by atoms with van der Waals surface area (Å²) < 4.78 is 0. The number of hydrogen-bond acceptors (Lipinski definition) is 2. The third-order valence-corrected chi connectivity index (χ3v) is 3.89. The van der Waals surface area contributed by atoms with Crippen LogP contribution in [0.1, 0.15) is 16.7 Å². The van der Waals surface area contributed by atoms with Crippen LogP contribution < -0.4 is 5.32 Å². The van der Waals surface area contributed by atoms with E-state index >= 15 is 0 Å². The highest BCUT2D eigenvalue weighted by Gasteiger charge is 2.05. The maximum absolute atomic E-state index is 9.72. The number of benzene rings is 3. The van der Waals surface area contributed by atoms with Crippen molar-refractivity contribution in [2.45, 2.75) is 20.4 Å². The third-order valence-electron chi connectivity index (χ3n) is 3.89. The van der Waals surface area contributed by atoms with Crippen molar-refractivity contribution in [2.24, 2.45) is 0 Å². The normalized spacial score (nSPS) is 10.8. The van der Waals surface area contributed by atoms with Gasteiger partial charge in [0, 0.05) is 12.2 Å². The molecule has 0 fully saturated rings. The summed E-state index contributed by atoms with van der Waals surface area (Å²) in [4.78, 5) is 0. The fourth-order valence-electron chi connectivity index (χ4n) is 2.63. The minimum atomic E-state index is 0.350. The molecule has 2 N–H and O–H groups in total. The molecule has 21 heavy (non-hydrogen) atoms. The van der Waals surface area contributed by atoms with Crippen LogP contribution in [-0.2, 0) is 6.54 Å². The number of rotatable bonds is 3. The molecule has 0 aliphatic rings. The summed E-state index contributed by atoms with van der Waals surface area (Å²) in [6.07, 6.45) is 0. The minimum Gasteiger partial charge on any atom is -0.508 e.